The molecule has 0 unspecified atom stereocenters. The predicted octanol–water partition coefficient (Wildman–Crippen LogP) is 13.9. The highest BCUT2D eigenvalue weighted by molar-refractivity contribution is 7.10. The van der Waals surface area contributed by atoms with Crippen LogP contribution in [0.4, 0.5) is 17.1 Å². The molecule has 0 bridgehead atoms. The SMILES string of the molecule is CC(C)(C)c1ccc(N2c3ccc(C(C)(C)C)cc3B3c4c2c2c5cscc5n5c6cscc6c(c4-n4c6ccc(C(C)(C)C)cc6c6cc(C(C)(C)C)cc3c64)c25)cc1. The first-order valence-electron chi connectivity index (χ1n) is 21.7. The third kappa shape index (κ3) is 4.67. The minimum absolute atomic E-state index is 0.0174. The van der Waals surface area contributed by atoms with Crippen molar-refractivity contribution in [1.29, 1.82) is 0 Å². The lowest BCUT2D eigenvalue weighted by molar-refractivity contribution is 0.590. The van der Waals surface area contributed by atoms with Crippen molar-refractivity contribution in [3.63, 3.8) is 0 Å². The molecule has 3 nitrogen and oxygen atoms in total. The molecule has 0 spiro atoms. The van der Waals surface area contributed by atoms with E-state index in [1.54, 1.807) is 0 Å². The summed E-state index contributed by atoms with van der Waals surface area (Å²) in [5, 5.41) is 17.8. The van der Waals surface area contributed by atoms with Gasteiger partial charge in [-0.05, 0) is 96.7 Å². The summed E-state index contributed by atoms with van der Waals surface area (Å²) in [6.45, 7) is 28.3. The van der Waals surface area contributed by atoms with E-state index in [2.05, 4.69) is 191 Å². The minimum Gasteiger partial charge on any atom is -0.311 e. The lowest BCUT2D eigenvalue weighted by atomic mass is 9.33. The molecule has 0 atom stereocenters. The van der Waals surface area contributed by atoms with Gasteiger partial charge in [-0.3, -0.25) is 0 Å². The third-order valence-electron chi connectivity index (χ3n) is 14.1. The monoisotopic (exact) mass is 817 g/mol. The van der Waals surface area contributed by atoms with Crippen LogP contribution < -0.4 is 21.3 Å². The van der Waals surface area contributed by atoms with Crippen LogP contribution >= 0.6 is 22.7 Å². The second-order valence-electron chi connectivity index (χ2n) is 22.0. The molecule has 10 aromatic rings. The van der Waals surface area contributed by atoms with Crippen molar-refractivity contribution in [3.05, 3.63) is 117 Å². The van der Waals surface area contributed by atoms with Gasteiger partial charge in [-0.25, -0.2) is 0 Å². The zero-order valence-electron chi connectivity index (χ0n) is 37.0. The van der Waals surface area contributed by atoms with Crippen LogP contribution in [0.25, 0.3) is 65.6 Å². The third-order valence-corrected chi connectivity index (χ3v) is 15.6. The number of hydrogen-bond donors (Lipinski definition) is 0. The number of fused-ring (bicyclic) bond motifs is 15. The summed E-state index contributed by atoms with van der Waals surface area (Å²) in [5.41, 5.74) is 21.5. The van der Waals surface area contributed by atoms with Crippen LogP contribution in [-0.4, -0.2) is 15.7 Å². The Morgan fingerprint density at radius 1 is 0.450 bits per heavy atom. The van der Waals surface area contributed by atoms with Crippen molar-refractivity contribution in [2.45, 2.75) is 105 Å². The summed E-state index contributed by atoms with van der Waals surface area (Å²) in [6.07, 6.45) is 0. The zero-order chi connectivity index (χ0) is 41.7. The van der Waals surface area contributed by atoms with Gasteiger partial charge in [0.05, 0.1) is 33.4 Å². The summed E-state index contributed by atoms with van der Waals surface area (Å²) in [4.78, 5) is 2.66. The second kappa shape index (κ2) is 11.5. The summed E-state index contributed by atoms with van der Waals surface area (Å²) in [7, 11) is 0. The van der Waals surface area contributed by atoms with Gasteiger partial charge in [0.2, 0.25) is 0 Å². The largest absolute Gasteiger partial charge is 0.311 e. The molecular weight excluding hydrogens is 766 g/mol. The van der Waals surface area contributed by atoms with Gasteiger partial charge in [0, 0.05) is 70.7 Å². The molecule has 6 heteroatoms. The Balaban J connectivity index is 1.36. The smallest absolute Gasteiger partial charge is 0.252 e. The van der Waals surface area contributed by atoms with Gasteiger partial charge in [0.25, 0.3) is 6.71 Å². The molecule has 0 fully saturated rings. The minimum atomic E-state index is -0.0425. The van der Waals surface area contributed by atoms with E-state index in [0.29, 0.717) is 0 Å². The average molecular weight is 818 g/mol. The number of anilines is 3. The van der Waals surface area contributed by atoms with E-state index in [1.165, 1.54) is 121 Å². The first kappa shape index (κ1) is 36.8. The van der Waals surface area contributed by atoms with Crippen molar-refractivity contribution in [2.24, 2.45) is 0 Å². The Morgan fingerprint density at radius 3 is 1.60 bits per heavy atom. The maximum atomic E-state index is 2.72. The zero-order valence-corrected chi connectivity index (χ0v) is 38.6. The predicted molar refractivity (Wildman–Crippen MR) is 265 cm³/mol. The normalized spacial score (nSPS) is 14.6. The maximum Gasteiger partial charge on any atom is 0.252 e. The number of aromatic nitrogens is 2. The molecule has 0 saturated carbocycles. The van der Waals surface area contributed by atoms with E-state index in [0.717, 1.165) is 0 Å². The van der Waals surface area contributed by atoms with Crippen LogP contribution in [0.5, 0.6) is 0 Å². The van der Waals surface area contributed by atoms with Gasteiger partial charge in [-0.1, -0.05) is 119 Å². The van der Waals surface area contributed by atoms with Crippen LogP contribution in [0.15, 0.2) is 94.3 Å². The van der Waals surface area contributed by atoms with Crippen LogP contribution in [-0.2, 0) is 21.7 Å². The molecule has 0 amide bonds. The van der Waals surface area contributed by atoms with Gasteiger partial charge < -0.3 is 13.9 Å². The molecule has 0 radical (unpaired) electrons. The fourth-order valence-corrected chi connectivity index (χ4v) is 12.4. The Kier molecular flexibility index (Phi) is 7.02. The average Bonchev–Trinajstić information content (AvgIpc) is 4.00. The number of thiophene rings is 2. The Labute approximate surface area is 361 Å². The number of rotatable bonds is 1. The van der Waals surface area contributed by atoms with Crippen LogP contribution in [0.1, 0.15) is 105 Å². The van der Waals surface area contributed by atoms with Crippen LogP contribution in [0.3, 0.4) is 0 Å². The van der Waals surface area contributed by atoms with Crippen molar-refractivity contribution in [1.82, 2.24) is 8.97 Å². The summed E-state index contributed by atoms with van der Waals surface area (Å²) in [5.74, 6) is 0. The summed E-state index contributed by atoms with van der Waals surface area (Å²) >= 11 is 3.66. The lowest BCUT2D eigenvalue weighted by Crippen LogP contribution is -2.61. The topological polar surface area (TPSA) is 12.6 Å². The molecule has 0 aliphatic carbocycles. The fraction of sp³-hybridized carbons (Fsp3) is 0.296. The quantitative estimate of drug-likeness (QED) is 0.150. The van der Waals surface area contributed by atoms with E-state index in [1.807, 2.05) is 22.7 Å². The molecule has 298 valence electrons. The number of hydrogen-bond acceptors (Lipinski definition) is 3. The molecule has 12 rings (SSSR count). The van der Waals surface area contributed by atoms with E-state index in [9.17, 15) is 0 Å². The molecule has 5 aromatic carbocycles. The first-order valence-corrected chi connectivity index (χ1v) is 23.6. The van der Waals surface area contributed by atoms with Gasteiger partial charge >= 0.3 is 0 Å². The van der Waals surface area contributed by atoms with E-state index in [-0.39, 0.29) is 28.4 Å². The molecule has 7 heterocycles. The Morgan fingerprint density at radius 2 is 0.983 bits per heavy atom. The number of nitrogens with zero attached hydrogens (tertiary/aromatic N) is 3. The molecule has 5 aromatic heterocycles. The van der Waals surface area contributed by atoms with Crippen molar-refractivity contribution in [2.75, 3.05) is 4.90 Å². The van der Waals surface area contributed by atoms with Crippen LogP contribution in [0.2, 0.25) is 0 Å². The molecule has 2 aliphatic heterocycles. The van der Waals surface area contributed by atoms with Gasteiger partial charge in [0.15, 0.2) is 0 Å². The second-order valence-corrected chi connectivity index (χ2v) is 23.5. The van der Waals surface area contributed by atoms with Crippen LogP contribution in [0, 0.1) is 0 Å². The van der Waals surface area contributed by atoms with Gasteiger partial charge in [-0.2, -0.15) is 0 Å². The van der Waals surface area contributed by atoms with Gasteiger partial charge in [0.1, 0.15) is 0 Å². The molecule has 2 aliphatic rings. The van der Waals surface area contributed by atoms with Gasteiger partial charge in [-0.15, -0.1) is 22.7 Å². The molecule has 0 saturated heterocycles. The lowest BCUT2D eigenvalue weighted by Gasteiger charge is -2.42. The highest BCUT2D eigenvalue weighted by atomic mass is 32.1. The maximum absolute atomic E-state index is 2.72. The standard InChI is InChI=1S/C54H52BN3S2/c1-51(2,3)29-13-17-33(18-14-29)56-41-20-16-31(53(7,8)9)23-38(41)55-39-24-32(54(10,11)12)22-35-34-21-30(52(4,5)6)15-19-40(34)58(47(35)39)50-45-37-26-60-28-43(37)57-42-27-59-25-36(42)44(48(45)57)49(56)46(50)55/h13-28H,1-12H3. The number of benzene rings is 5. The Bertz CT molecular complexity index is 3470. The summed E-state index contributed by atoms with van der Waals surface area (Å²) in [6, 6.07) is 29.5. The Hall–Kier alpha value is -5.04. The van der Waals surface area contributed by atoms with E-state index < -0.39 is 0 Å². The van der Waals surface area contributed by atoms with Crippen molar-refractivity contribution >= 4 is 123 Å². The van der Waals surface area contributed by atoms with Crippen molar-refractivity contribution < 1.29 is 0 Å². The molecule has 0 N–H and O–H groups in total. The van der Waals surface area contributed by atoms with E-state index in [4.69, 9.17) is 0 Å². The molecule has 60 heavy (non-hydrogen) atoms. The van der Waals surface area contributed by atoms with Crippen molar-refractivity contribution in [3.8, 4) is 5.69 Å². The van der Waals surface area contributed by atoms with E-state index >= 15 is 0 Å². The first-order chi connectivity index (χ1) is 28.3. The molecular formula is C54H52BN3S2. The fourth-order valence-electron chi connectivity index (χ4n) is 10.8. The highest BCUT2D eigenvalue weighted by Gasteiger charge is 2.46. The summed E-state index contributed by atoms with van der Waals surface area (Å²) < 4.78 is 5.33. The highest BCUT2D eigenvalue weighted by Crippen LogP contribution is 2.53.